The quantitative estimate of drug-likeness (QED) is 0.446. The maximum atomic E-state index is 13.1. The number of aromatic nitrogens is 3. The minimum atomic E-state index is -3.05. The van der Waals surface area contributed by atoms with Gasteiger partial charge in [-0.3, -0.25) is 0 Å². The monoisotopic (exact) mass is 487 g/mol. The van der Waals surface area contributed by atoms with E-state index in [0.29, 0.717) is 11.5 Å². The Balaban J connectivity index is 1.88. The molecule has 1 atom stereocenters. The molecule has 0 saturated heterocycles. The smallest absolute Gasteiger partial charge is 0.355 e. The van der Waals surface area contributed by atoms with Gasteiger partial charge in [0.05, 0.1) is 22.8 Å². The first kappa shape index (κ1) is 23.6. The second-order valence-electron chi connectivity index (χ2n) is 6.48. The molecule has 0 radical (unpaired) electrons. The second kappa shape index (κ2) is 9.58. The fourth-order valence-electron chi connectivity index (χ4n) is 2.75. The van der Waals surface area contributed by atoms with Crippen molar-refractivity contribution in [3.05, 3.63) is 62.8 Å². The molecule has 1 heterocycles. The Kier molecular flexibility index (Phi) is 7.05. The molecule has 1 unspecified atom stereocenters. The van der Waals surface area contributed by atoms with Crippen LogP contribution in [0, 0.1) is 6.92 Å². The van der Waals surface area contributed by atoms with Gasteiger partial charge in [0.15, 0.2) is 6.10 Å². The molecule has 8 nitrogen and oxygen atoms in total. The largest absolute Gasteiger partial charge is 0.479 e. The first-order valence-corrected chi connectivity index (χ1v) is 9.86. The van der Waals surface area contributed by atoms with Crippen molar-refractivity contribution in [1.29, 1.82) is 0 Å². The van der Waals surface area contributed by atoms with E-state index in [2.05, 4.69) is 9.84 Å². The molecule has 0 amide bonds. The number of hydrogen-bond donors (Lipinski definition) is 0. The average molecular weight is 488 g/mol. The third kappa shape index (κ3) is 4.86. The molecule has 0 N–H and O–H groups in total. The number of carbonyl (C=O) groups is 1. The highest BCUT2D eigenvalue weighted by atomic mass is 35.5. The van der Waals surface area contributed by atoms with Crippen molar-refractivity contribution in [2.24, 2.45) is 0 Å². The van der Waals surface area contributed by atoms with Crippen LogP contribution >= 0.6 is 23.2 Å². The summed E-state index contributed by atoms with van der Waals surface area (Å²) in [6.45, 7) is -0.235. The lowest BCUT2D eigenvalue weighted by Gasteiger charge is -2.14. The van der Waals surface area contributed by atoms with Crippen LogP contribution in [0.25, 0.3) is 5.69 Å². The number of halogens is 4. The van der Waals surface area contributed by atoms with E-state index in [1.165, 1.54) is 26.2 Å². The van der Waals surface area contributed by atoms with Gasteiger partial charge in [0, 0.05) is 6.07 Å². The molecule has 3 rings (SSSR count). The summed E-state index contributed by atoms with van der Waals surface area (Å²) in [6.07, 6.45) is -0.796. The number of rotatable bonds is 7. The maximum Gasteiger partial charge on any atom is 0.355 e. The van der Waals surface area contributed by atoms with E-state index in [4.69, 9.17) is 32.7 Å². The number of methoxy groups -OCH3 is 1. The number of nitrogens with zero attached hydrogens (tertiary/aromatic N) is 3. The van der Waals surface area contributed by atoms with E-state index < -0.39 is 24.3 Å². The molecule has 32 heavy (non-hydrogen) atoms. The molecular weight excluding hydrogens is 471 g/mol. The Labute approximate surface area is 190 Å². The Morgan fingerprint density at radius 3 is 2.28 bits per heavy atom. The van der Waals surface area contributed by atoms with E-state index in [1.54, 1.807) is 31.2 Å². The van der Waals surface area contributed by atoms with E-state index in [0.717, 1.165) is 4.68 Å². The Bertz CT molecular complexity index is 1200. The first-order chi connectivity index (χ1) is 15.1. The van der Waals surface area contributed by atoms with Crippen molar-refractivity contribution >= 4 is 29.2 Å². The van der Waals surface area contributed by atoms with Crippen LogP contribution in [0.4, 0.5) is 8.78 Å². The summed E-state index contributed by atoms with van der Waals surface area (Å²) in [4.78, 5) is 23.8. The van der Waals surface area contributed by atoms with Crippen LogP contribution in [0.5, 0.6) is 17.2 Å². The SMILES string of the molecule is COC(=O)C(C)Oc1ccc(Oc2cc(-n3nc(C)n(C(F)F)c3=O)c(Cl)cc2Cl)cc1. The standard InChI is InChI=1S/C20H17Cl2F2N3O5/c1-10(18(28)30-3)31-12-4-6-13(7-5-12)32-17-9-16(14(21)8-15(17)22)27-20(29)26(19(23)24)11(2)25-27/h4-10,19H,1-3H3. The zero-order valence-corrected chi connectivity index (χ0v) is 18.5. The molecule has 0 aliphatic rings. The summed E-state index contributed by atoms with van der Waals surface area (Å²) >= 11 is 12.4. The van der Waals surface area contributed by atoms with Gasteiger partial charge in [-0.2, -0.15) is 13.5 Å². The van der Waals surface area contributed by atoms with E-state index in [-0.39, 0.29) is 31.9 Å². The van der Waals surface area contributed by atoms with Gasteiger partial charge in [0.1, 0.15) is 23.1 Å². The average Bonchev–Trinajstić information content (AvgIpc) is 3.04. The number of aryl methyl sites for hydroxylation is 1. The minimum Gasteiger partial charge on any atom is -0.479 e. The molecule has 0 saturated carbocycles. The predicted molar refractivity (Wildman–Crippen MR) is 112 cm³/mol. The van der Waals surface area contributed by atoms with Crippen LogP contribution in [0.1, 0.15) is 19.3 Å². The normalized spacial score (nSPS) is 12.0. The van der Waals surface area contributed by atoms with Crippen molar-refractivity contribution < 1.29 is 27.8 Å². The second-order valence-corrected chi connectivity index (χ2v) is 7.29. The van der Waals surface area contributed by atoms with Crippen LogP contribution in [0.3, 0.4) is 0 Å². The number of ether oxygens (including phenoxy) is 3. The number of esters is 1. The van der Waals surface area contributed by atoms with Gasteiger partial charge in [-0.05, 0) is 44.2 Å². The summed E-state index contributed by atoms with van der Waals surface area (Å²) in [6, 6.07) is 8.89. The molecule has 0 fully saturated rings. The summed E-state index contributed by atoms with van der Waals surface area (Å²) in [5, 5.41) is 3.99. The summed E-state index contributed by atoms with van der Waals surface area (Å²) < 4.78 is 43.0. The number of hydrogen-bond acceptors (Lipinski definition) is 6. The zero-order chi connectivity index (χ0) is 23.6. The number of alkyl halides is 2. The lowest BCUT2D eigenvalue weighted by Crippen LogP contribution is -2.25. The van der Waals surface area contributed by atoms with Crippen molar-refractivity contribution in [2.45, 2.75) is 26.5 Å². The van der Waals surface area contributed by atoms with Crippen molar-refractivity contribution in [3.63, 3.8) is 0 Å². The number of carbonyl (C=O) groups excluding carboxylic acids is 1. The van der Waals surface area contributed by atoms with Gasteiger partial charge in [-0.25, -0.2) is 14.2 Å². The highest BCUT2D eigenvalue weighted by Crippen LogP contribution is 2.36. The molecule has 0 bridgehead atoms. The predicted octanol–water partition coefficient (Wildman–Crippen LogP) is 4.78. The van der Waals surface area contributed by atoms with E-state index in [9.17, 15) is 18.4 Å². The van der Waals surface area contributed by atoms with Crippen molar-refractivity contribution in [1.82, 2.24) is 14.3 Å². The van der Waals surface area contributed by atoms with Crippen molar-refractivity contribution in [3.8, 4) is 22.9 Å². The topological polar surface area (TPSA) is 84.6 Å². The lowest BCUT2D eigenvalue weighted by atomic mass is 10.3. The van der Waals surface area contributed by atoms with Crippen LogP contribution in [0.15, 0.2) is 41.2 Å². The van der Waals surface area contributed by atoms with Crippen LogP contribution in [0.2, 0.25) is 10.0 Å². The van der Waals surface area contributed by atoms with Gasteiger partial charge in [0.25, 0.3) is 0 Å². The van der Waals surface area contributed by atoms with Gasteiger partial charge < -0.3 is 14.2 Å². The molecule has 0 aliphatic carbocycles. The third-order valence-corrected chi connectivity index (χ3v) is 4.90. The summed E-state index contributed by atoms with van der Waals surface area (Å²) in [5.41, 5.74) is -1.04. The fraction of sp³-hybridized carbons (Fsp3) is 0.250. The maximum absolute atomic E-state index is 13.1. The zero-order valence-electron chi connectivity index (χ0n) is 17.0. The molecule has 12 heteroatoms. The van der Waals surface area contributed by atoms with Crippen molar-refractivity contribution in [2.75, 3.05) is 7.11 Å². The Hall–Kier alpha value is -3.11. The molecule has 1 aromatic heterocycles. The highest BCUT2D eigenvalue weighted by molar-refractivity contribution is 6.36. The third-order valence-electron chi connectivity index (χ3n) is 4.30. The van der Waals surface area contributed by atoms with E-state index in [1.807, 2.05) is 0 Å². The summed E-state index contributed by atoms with van der Waals surface area (Å²) in [5.74, 6) is 0.150. The Morgan fingerprint density at radius 1 is 1.09 bits per heavy atom. The van der Waals surface area contributed by atoms with Crippen LogP contribution in [-0.4, -0.2) is 33.5 Å². The molecule has 3 aromatic rings. The van der Waals surface area contributed by atoms with Gasteiger partial charge >= 0.3 is 18.2 Å². The molecule has 170 valence electrons. The number of benzene rings is 2. The van der Waals surface area contributed by atoms with Crippen LogP contribution < -0.4 is 15.2 Å². The highest BCUT2D eigenvalue weighted by Gasteiger charge is 2.21. The molecule has 0 spiro atoms. The molecule has 2 aromatic carbocycles. The summed E-state index contributed by atoms with van der Waals surface area (Å²) in [7, 11) is 1.26. The van der Waals surface area contributed by atoms with Gasteiger partial charge in [-0.1, -0.05) is 23.2 Å². The molecular formula is C20H17Cl2F2N3O5. The van der Waals surface area contributed by atoms with Crippen LogP contribution in [-0.2, 0) is 9.53 Å². The lowest BCUT2D eigenvalue weighted by molar-refractivity contribution is -0.147. The van der Waals surface area contributed by atoms with E-state index >= 15 is 0 Å². The first-order valence-electron chi connectivity index (χ1n) is 9.10. The fourth-order valence-corrected chi connectivity index (χ4v) is 3.25. The van der Waals surface area contributed by atoms with Gasteiger partial charge in [0.2, 0.25) is 0 Å². The van der Waals surface area contributed by atoms with Gasteiger partial charge in [-0.15, -0.1) is 5.10 Å². The minimum absolute atomic E-state index is 0.0175. The molecule has 0 aliphatic heterocycles. The Morgan fingerprint density at radius 2 is 1.72 bits per heavy atom.